The molecule has 2 aromatic rings. The van der Waals surface area contributed by atoms with Crippen LogP contribution in [0, 0.1) is 5.82 Å². The lowest BCUT2D eigenvalue weighted by atomic mass is 10.0. The van der Waals surface area contributed by atoms with Crippen molar-refractivity contribution in [3.8, 4) is 16.9 Å². The second-order valence-corrected chi connectivity index (χ2v) is 6.43. The number of amides is 2. The van der Waals surface area contributed by atoms with Gasteiger partial charge < -0.3 is 10.1 Å². The molecule has 0 radical (unpaired) electrons. The standard InChI is InChI=1S/C19H17FN4O3/c20-13-6-12-7-14(10-22-19(26)16-3-4-17(25)24-23-16)27-18(12)15(8-13)11-2-1-5-21-9-11/h1-2,5-6,8-9,14H,3-4,7,10H2,(H,22,26)(H,24,25). The molecular formula is C19H17FN4O3. The van der Waals surface area contributed by atoms with Crippen LogP contribution in [0.3, 0.4) is 0 Å². The van der Waals surface area contributed by atoms with Crippen LogP contribution in [0.4, 0.5) is 4.39 Å². The number of carbonyl (C=O) groups excluding carboxylic acids is 2. The van der Waals surface area contributed by atoms with Crippen molar-refractivity contribution in [3.05, 3.63) is 48.0 Å². The molecule has 2 aliphatic rings. The molecule has 27 heavy (non-hydrogen) atoms. The minimum Gasteiger partial charge on any atom is -0.487 e. The number of pyridine rings is 1. The van der Waals surface area contributed by atoms with Crippen LogP contribution in [0.25, 0.3) is 11.1 Å². The summed E-state index contributed by atoms with van der Waals surface area (Å²) in [4.78, 5) is 27.3. The van der Waals surface area contributed by atoms with Gasteiger partial charge in [0.15, 0.2) is 0 Å². The van der Waals surface area contributed by atoms with E-state index in [1.165, 1.54) is 12.1 Å². The molecule has 8 heteroatoms. The van der Waals surface area contributed by atoms with Gasteiger partial charge in [-0.1, -0.05) is 6.07 Å². The Bertz CT molecular complexity index is 930. The summed E-state index contributed by atoms with van der Waals surface area (Å²) < 4.78 is 20.0. The Balaban J connectivity index is 1.45. The van der Waals surface area contributed by atoms with Crippen LogP contribution < -0.4 is 15.5 Å². The van der Waals surface area contributed by atoms with Gasteiger partial charge in [0, 0.05) is 48.3 Å². The van der Waals surface area contributed by atoms with Crippen molar-refractivity contribution in [2.75, 3.05) is 6.54 Å². The van der Waals surface area contributed by atoms with Crippen molar-refractivity contribution in [1.82, 2.24) is 15.7 Å². The van der Waals surface area contributed by atoms with Crippen LogP contribution in [0.15, 0.2) is 41.8 Å². The third-order valence-electron chi connectivity index (χ3n) is 4.49. The molecule has 0 bridgehead atoms. The van der Waals surface area contributed by atoms with Gasteiger partial charge in [0.2, 0.25) is 5.91 Å². The average Bonchev–Trinajstić information content (AvgIpc) is 3.09. The van der Waals surface area contributed by atoms with Crippen molar-refractivity contribution >= 4 is 17.5 Å². The second-order valence-electron chi connectivity index (χ2n) is 6.43. The highest BCUT2D eigenvalue weighted by molar-refractivity contribution is 6.39. The summed E-state index contributed by atoms with van der Waals surface area (Å²) in [7, 11) is 0. The summed E-state index contributed by atoms with van der Waals surface area (Å²) in [6.07, 6.45) is 4.04. The van der Waals surface area contributed by atoms with Gasteiger partial charge in [0.1, 0.15) is 23.4 Å². The Labute approximate surface area is 154 Å². The normalized spacial score (nSPS) is 18.2. The van der Waals surface area contributed by atoms with E-state index in [0.717, 1.165) is 11.1 Å². The number of hydrogen-bond donors (Lipinski definition) is 2. The van der Waals surface area contributed by atoms with Crippen LogP contribution in [-0.2, 0) is 16.0 Å². The Kier molecular flexibility index (Phi) is 4.53. The summed E-state index contributed by atoms with van der Waals surface area (Å²) in [6.45, 7) is 0.259. The van der Waals surface area contributed by atoms with Crippen LogP contribution in [-0.4, -0.2) is 35.2 Å². The lowest BCUT2D eigenvalue weighted by Gasteiger charge is -2.15. The molecule has 0 spiro atoms. The van der Waals surface area contributed by atoms with E-state index in [1.54, 1.807) is 18.5 Å². The minimum atomic E-state index is -0.340. The van der Waals surface area contributed by atoms with Gasteiger partial charge in [-0.05, 0) is 18.2 Å². The Morgan fingerprint density at radius 3 is 3.00 bits per heavy atom. The third-order valence-corrected chi connectivity index (χ3v) is 4.49. The number of aromatic nitrogens is 1. The average molecular weight is 368 g/mol. The Hall–Kier alpha value is -3.29. The molecule has 1 unspecified atom stereocenters. The van der Waals surface area contributed by atoms with E-state index >= 15 is 0 Å². The van der Waals surface area contributed by atoms with E-state index in [2.05, 4.69) is 20.8 Å². The van der Waals surface area contributed by atoms with E-state index in [9.17, 15) is 14.0 Å². The van der Waals surface area contributed by atoms with E-state index in [1.807, 2.05) is 6.07 Å². The molecule has 0 aliphatic carbocycles. The number of carbonyl (C=O) groups is 2. The fourth-order valence-corrected chi connectivity index (χ4v) is 3.19. The number of nitrogens with zero attached hydrogens (tertiary/aromatic N) is 2. The van der Waals surface area contributed by atoms with Crippen molar-refractivity contribution in [2.24, 2.45) is 5.10 Å². The first kappa shape index (κ1) is 17.1. The molecule has 1 aromatic carbocycles. The highest BCUT2D eigenvalue weighted by atomic mass is 19.1. The summed E-state index contributed by atoms with van der Waals surface area (Å²) in [5.74, 6) is -0.265. The highest BCUT2D eigenvalue weighted by Crippen LogP contribution is 2.39. The maximum atomic E-state index is 14.0. The van der Waals surface area contributed by atoms with Gasteiger partial charge in [-0.3, -0.25) is 14.6 Å². The molecule has 0 fully saturated rings. The smallest absolute Gasteiger partial charge is 0.267 e. The predicted molar refractivity (Wildman–Crippen MR) is 95.6 cm³/mol. The van der Waals surface area contributed by atoms with Crippen LogP contribution in [0.5, 0.6) is 5.75 Å². The van der Waals surface area contributed by atoms with Gasteiger partial charge >= 0.3 is 0 Å². The molecule has 4 rings (SSSR count). The molecule has 7 nitrogen and oxygen atoms in total. The van der Waals surface area contributed by atoms with E-state index in [-0.39, 0.29) is 42.4 Å². The van der Waals surface area contributed by atoms with Crippen LogP contribution in [0.1, 0.15) is 18.4 Å². The van der Waals surface area contributed by atoms with E-state index < -0.39 is 0 Å². The first-order chi connectivity index (χ1) is 13.1. The third kappa shape index (κ3) is 3.64. The zero-order chi connectivity index (χ0) is 18.8. The molecule has 2 N–H and O–H groups in total. The molecule has 0 saturated carbocycles. The number of ether oxygens (including phenoxy) is 1. The van der Waals surface area contributed by atoms with Gasteiger partial charge in [-0.25, -0.2) is 9.82 Å². The zero-order valence-electron chi connectivity index (χ0n) is 14.4. The SMILES string of the molecule is O=C1CCC(C(=O)NCC2Cc3cc(F)cc(-c4cccnc4)c3O2)=NN1. The van der Waals surface area contributed by atoms with Gasteiger partial charge in [0.05, 0.1) is 6.54 Å². The summed E-state index contributed by atoms with van der Waals surface area (Å²) >= 11 is 0. The summed E-state index contributed by atoms with van der Waals surface area (Å²) in [5.41, 5.74) is 4.75. The molecule has 1 aromatic heterocycles. The number of hydrazone groups is 1. The largest absolute Gasteiger partial charge is 0.487 e. The Morgan fingerprint density at radius 1 is 1.37 bits per heavy atom. The first-order valence-corrected chi connectivity index (χ1v) is 8.63. The highest BCUT2D eigenvalue weighted by Gasteiger charge is 2.28. The quantitative estimate of drug-likeness (QED) is 0.857. The topological polar surface area (TPSA) is 92.7 Å². The molecule has 2 amide bonds. The van der Waals surface area contributed by atoms with Crippen molar-refractivity contribution < 1.29 is 18.7 Å². The number of rotatable bonds is 4. The van der Waals surface area contributed by atoms with Gasteiger partial charge in [-0.2, -0.15) is 5.10 Å². The number of benzene rings is 1. The monoisotopic (exact) mass is 368 g/mol. The summed E-state index contributed by atoms with van der Waals surface area (Å²) in [5, 5.41) is 6.53. The first-order valence-electron chi connectivity index (χ1n) is 8.63. The Morgan fingerprint density at radius 2 is 2.26 bits per heavy atom. The summed E-state index contributed by atoms with van der Waals surface area (Å²) in [6, 6.07) is 6.51. The molecule has 3 heterocycles. The fraction of sp³-hybridized carbons (Fsp3) is 0.263. The minimum absolute atomic E-state index is 0.203. The van der Waals surface area contributed by atoms with Crippen LogP contribution >= 0.6 is 0 Å². The maximum Gasteiger partial charge on any atom is 0.267 e. The lowest BCUT2D eigenvalue weighted by molar-refractivity contribution is -0.121. The van der Waals surface area contributed by atoms with Crippen molar-refractivity contribution in [2.45, 2.75) is 25.4 Å². The number of fused-ring (bicyclic) bond motifs is 1. The molecular weight excluding hydrogens is 351 g/mol. The molecule has 0 saturated heterocycles. The number of hydrogen-bond acceptors (Lipinski definition) is 5. The van der Waals surface area contributed by atoms with E-state index in [4.69, 9.17) is 4.74 Å². The van der Waals surface area contributed by atoms with Crippen molar-refractivity contribution in [3.63, 3.8) is 0 Å². The predicted octanol–water partition coefficient (Wildman–Crippen LogP) is 1.57. The number of nitrogens with one attached hydrogen (secondary N) is 2. The fourth-order valence-electron chi connectivity index (χ4n) is 3.19. The van der Waals surface area contributed by atoms with Crippen LogP contribution in [0.2, 0.25) is 0 Å². The molecule has 1 atom stereocenters. The molecule has 138 valence electrons. The second kappa shape index (κ2) is 7.14. The lowest BCUT2D eigenvalue weighted by Crippen LogP contribution is -2.41. The van der Waals surface area contributed by atoms with Gasteiger partial charge in [0.25, 0.3) is 5.91 Å². The van der Waals surface area contributed by atoms with Crippen molar-refractivity contribution in [1.29, 1.82) is 0 Å². The number of halogens is 1. The molecule has 2 aliphatic heterocycles. The van der Waals surface area contributed by atoms with Gasteiger partial charge in [-0.15, -0.1) is 0 Å². The maximum absolute atomic E-state index is 14.0. The van der Waals surface area contributed by atoms with E-state index in [0.29, 0.717) is 24.2 Å². The zero-order valence-corrected chi connectivity index (χ0v) is 14.4.